The third-order valence-corrected chi connectivity index (χ3v) is 2.21. The van der Waals surface area contributed by atoms with Gasteiger partial charge in [-0.2, -0.15) is 0 Å². The first-order valence-corrected chi connectivity index (χ1v) is 4.91. The zero-order chi connectivity index (χ0) is 11.1. The Morgan fingerprint density at radius 1 is 1.36 bits per heavy atom. The van der Waals surface area contributed by atoms with Crippen LogP contribution in [0.1, 0.15) is 34.1 Å². The van der Waals surface area contributed by atoms with Crippen molar-refractivity contribution in [2.45, 2.75) is 40.2 Å². The first kappa shape index (κ1) is 13.1. The van der Waals surface area contributed by atoms with Crippen LogP contribution in [0.3, 0.4) is 0 Å². The molecule has 0 aromatic rings. The minimum atomic E-state index is -0.574. The Labute approximate surface area is 85.6 Å². The van der Waals surface area contributed by atoms with Crippen molar-refractivity contribution in [3.63, 3.8) is 0 Å². The molecule has 0 aliphatic carbocycles. The molecular formula is C12H19FO. The summed E-state index contributed by atoms with van der Waals surface area (Å²) in [6.07, 6.45) is 4.85. The van der Waals surface area contributed by atoms with Crippen molar-refractivity contribution in [2.75, 3.05) is 0 Å². The van der Waals surface area contributed by atoms with Gasteiger partial charge in [-0.3, -0.25) is 0 Å². The van der Waals surface area contributed by atoms with Crippen molar-refractivity contribution in [1.82, 2.24) is 0 Å². The average Bonchev–Trinajstić information content (AvgIpc) is 2.22. The number of aliphatic hydroxyl groups excluding tert-OH is 1. The zero-order valence-corrected chi connectivity index (χ0v) is 9.34. The minimum Gasteiger partial charge on any atom is -0.388 e. The van der Waals surface area contributed by atoms with Gasteiger partial charge in [-0.1, -0.05) is 19.1 Å². The molecule has 0 aromatic heterocycles. The van der Waals surface area contributed by atoms with E-state index >= 15 is 0 Å². The number of rotatable bonds is 4. The normalized spacial score (nSPS) is 17.1. The molecular weight excluding hydrogens is 179 g/mol. The van der Waals surface area contributed by atoms with E-state index in [2.05, 4.69) is 0 Å². The lowest BCUT2D eigenvalue weighted by Crippen LogP contribution is -2.06. The minimum absolute atomic E-state index is 0.284. The van der Waals surface area contributed by atoms with Gasteiger partial charge in [-0.15, -0.1) is 0 Å². The van der Waals surface area contributed by atoms with Crippen LogP contribution in [0.2, 0.25) is 0 Å². The fourth-order valence-electron chi connectivity index (χ4n) is 1.01. The Morgan fingerprint density at radius 3 is 2.29 bits per heavy atom. The maximum absolute atomic E-state index is 13.4. The molecule has 0 bridgehead atoms. The largest absolute Gasteiger partial charge is 0.388 e. The van der Waals surface area contributed by atoms with Gasteiger partial charge < -0.3 is 5.11 Å². The highest BCUT2D eigenvalue weighted by molar-refractivity contribution is 5.32. The summed E-state index contributed by atoms with van der Waals surface area (Å²) in [7, 11) is 0. The Balaban J connectivity index is 4.77. The van der Waals surface area contributed by atoms with Gasteiger partial charge in [-0.05, 0) is 44.4 Å². The molecule has 0 amide bonds. The first-order chi connectivity index (χ1) is 6.56. The molecule has 14 heavy (non-hydrogen) atoms. The molecule has 0 spiro atoms. The third kappa shape index (κ3) is 3.88. The van der Waals surface area contributed by atoms with E-state index in [-0.39, 0.29) is 5.83 Å². The van der Waals surface area contributed by atoms with E-state index in [4.69, 9.17) is 0 Å². The van der Waals surface area contributed by atoms with Gasteiger partial charge in [-0.25, -0.2) is 4.39 Å². The molecule has 0 heterocycles. The fraction of sp³-hybridized carbons (Fsp3) is 0.500. The van der Waals surface area contributed by atoms with Gasteiger partial charge in [0.25, 0.3) is 0 Å². The molecule has 2 heteroatoms. The lowest BCUT2D eigenvalue weighted by molar-refractivity contribution is 0.210. The molecule has 0 fully saturated rings. The van der Waals surface area contributed by atoms with E-state index in [1.54, 1.807) is 32.9 Å². The molecule has 0 saturated carbocycles. The van der Waals surface area contributed by atoms with Gasteiger partial charge in [0.1, 0.15) is 5.83 Å². The van der Waals surface area contributed by atoms with Crippen LogP contribution < -0.4 is 0 Å². The number of allylic oxidation sites excluding steroid dienone is 4. The second kappa shape index (κ2) is 6.55. The second-order valence-electron chi connectivity index (χ2n) is 3.18. The van der Waals surface area contributed by atoms with Gasteiger partial charge in [0.15, 0.2) is 0 Å². The van der Waals surface area contributed by atoms with E-state index in [0.717, 1.165) is 0 Å². The van der Waals surface area contributed by atoms with Crippen LogP contribution in [0.15, 0.2) is 35.2 Å². The molecule has 80 valence electrons. The molecule has 1 atom stereocenters. The lowest BCUT2D eigenvalue weighted by Gasteiger charge is -2.09. The summed E-state index contributed by atoms with van der Waals surface area (Å²) in [5.74, 6) is -0.284. The van der Waals surface area contributed by atoms with E-state index in [1.165, 1.54) is 6.08 Å². The molecule has 1 N–H and O–H groups in total. The summed E-state index contributed by atoms with van der Waals surface area (Å²) in [5.41, 5.74) is 1.22. The van der Waals surface area contributed by atoms with Crippen LogP contribution in [0.4, 0.5) is 4.39 Å². The summed E-state index contributed by atoms with van der Waals surface area (Å²) in [6.45, 7) is 7.15. The molecule has 0 rings (SSSR count). The highest BCUT2D eigenvalue weighted by Gasteiger charge is 2.06. The second-order valence-corrected chi connectivity index (χ2v) is 3.18. The molecule has 0 aliphatic rings. The van der Waals surface area contributed by atoms with Crippen LogP contribution >= 0.6 is 0 Å². The highest BCUT2D eigenvalue weighted by Crippen LogP contribution is 2.16. The highest BCUT2D eigenvalue weighted by atomic mass is 19.1. The lowest BCUT2D eigenvalue weighted by atomic mass is 10.1. The Hall–Kier alpha value is -0.890. The van der Waals surface area contributed by atoms with E-state index < -0.39 is 6.10 Å². The van der Waals surface area contributed by atoms with Crippen LogP contribution in [0, 0.1) is 0 Å². The van der Waals surface area contributed by atoms with Gasteiger partial charge in [0.2, 0.25) is 0 Å². The summed E-state index contributed by atoms with van der Waals surface area (Å²) in [4.78, 5) is 0. The number of aliphatic hydroxyl groups is 1. The van der Waals surface area contributed by atoms with Crippen LogP contribution in [0.25, 0.3) is 0 Å². The van der Waals surface area contributed by atoms with Gasteiger partial charge in [0, 0.05) is 0 Å². The summed E-state index contributed by atoms with van der Waals surface area (Å²) < 4.78 is 13.4. The molecule has 0 aliphatic heterocycles. The number of hydrogen-bond donors (Lipinski definition) is 1. The maximum atomic E-state index is 13.4. The maximum Gasteiger partial charge on any atom is 0.126 e. The number of hydrogen-bond acceptors (Lipinski definition) is 1. The predicted molar refractivity (Wildman–Crippen MR) is 58.7 cm³/mol. The van der Waals surface area contributed by atoms with Crippen molar-refractivity contribution < 1.29 is 9.50 Å². The van der Waals surface area contributed by atoms with Crippen LogP contribution in [-0.4, -0.2) is 11.2 Å². The molecule has 1 nitrogen and oxygen atoms in total. The Kier molecular flexibility index (Phi) is 6.13. The first-order valence-electron chi connectivity index (χ1n) is 4.91. The standard InChI is InChI=1S/C12H19FO/c1-5-9(4)11(13)8-10(6-2)12(14)7-3/h5-6,8,12,14H,7H2,1-4H3/b9-5-,10-6+,11-8+. The van der Waals surface area contributed by atoms with Crippen molar-refractivity contribution >= 4 is 0 Å². The molecule has 1 unspecified atom stereocenters. The molecule has 0 aromatic carbocycles. The van der Waals surface area contributed by atoms with Crippen molar-refractivity contribution in [3.05, 3.63) is 35.2 Å². The summed E-state index contributed by atoms with van der Waals surface area (Å²) in [5, 5.41) is 9.52. The molecule has 0 saturated heterocycles. The third-order valence-electron chi connectivity index (χ3n) is 2.21. The Morgan fingerprint density at radius 2 is 1.93 bits per heavy atom. The van der Waals surface area contributed by atoms with Crippen molar-refractivity contribution in [2.24, 2.45) is 0 Å². The van der Waals surface area contributed by atoms with Crippen LogP contribution in [0.5, 0.6) is 0 Å². The van der Waals surface area contributed by atoms with Crippen LogP contribution in [-0.2, 0) is 0 Å². The van der Waals surface area contributed by atoms with Gasteiger partial charge >= 0.3 is 0 Å². The monoisotopic (exact) mass is 198 g/mol. The van der Waals surface area contributed by atoms with E-state index in [9.17, 15) is 9.50 Å². The van der Waals surface area contributed by atoms with Gasteiger partial charge in [0.05, 0.1) is 6.10 Å². The smallest absolute Gasteiger partial charge is 0.126 e. The zero-order valence-electron chi connectivity index (χ0n) is 9.34. The van der Waals surface area contributed by atoms with E-state index in [1.807, 2.05) is 6.92 Å². The fourth-order valence-corrected chi connectivity index (χ4v) is 1.01. The SMILES string of the molecule is C\C=C(C)/C(F)=C\C(=C/C)C(O)CC. The average molecular weight is 198 g/mol. The molecule has 0 radical (unpaired) electrons. The predicted octanol–water partition coefficient (Wildman–Crippen LogP) is 3.52. The quantitative estimate of drug-likeness (QED) is 0.685. The van der Waals surface area contributed by atoms with Crippen molar-refractivity contribution in [1.29, 1.82) is 0 Å². The number of halogens is 1. The summed E-state index contributed by atoms with van der Waals surface area (Å²) >= 11 is 0. The van der Waals surface area contributed by atoms with E-state index in [0.29, 0.717) is 17.6 Å². The topological polar surface area (TPSA) is 20.2 Å². The van der Waals surface area contributed by atoms with Crippen molar-refractivity contribution in [3.8, 4) is 0 Å². The Bertz CT molecular complexity index is 261. The summed E-state index contributed by atoms with van der Waals surface area (Å²) in [6, 6.07) is 0.